The molecular weight excluding hydrogens is 304 g/mol. The molecule has 0 spiro atoms. The average molecular weight is 311 g/mol. The van der Waals surface area contributed by atoms with Gasteiger partial charge in [0.1, 0.15) is 11.6 Å². The number of hydrogen-bond donors (Lipinski definition) is 1. The predicted molar refractivity (Wildman–Crippen MR) is 70.5 cm³/mol. The Morgan fingerprint density at radius 3 is 2.48 bits per heavy atom. The number of nitro groups is 1. The van der Waals surface area contributed by atoms with Crippen LogP contribution in [0.2, 0.25) is 0 Å². The zero-order valence-electron chi connectivity index (χ0n) is 10.2. The highest BCUT2D eigenvalue weighted by Gasteiger charge is 2.19. The highest BCUT2D eigenvalue weighted by molar-refractivity contribution is 7.99. The summed E-state index contributed by atoms with van der Waals surface area (Å²) in [6, 6.07) is 5.84. The van der Waals surface area contributed by atoms with Crippen LogP contribution in [0.5, 0.6) is 0 Å². The van der Waals surface area contributed by atoms with E-state index in [9.17, 15) is 23.7 Å². The molecule has 0 heterocycles. The summed E-state index contributed by atoms with van der Waals surface area (Å²) in [6.45, 7) is 0. The minimum atomic E-state index is -1.27. The van der Waals surface area contributed by atoms with E-state index in [1.54, 1.807) is 0 Å². The molecule has 5 nitrogen and oxygen atoms in total. The summed E-state index contributed by atoms with van der Waals surface area (Å²) in [6.07, 6.45) is 0. The Kier molecular flexibility index (Phi) is 4.18. The first-order valence-corrected chi connectivity index (χ1v) is 6.35. The summed E-state index contributed by atoms with van der Waals surface area (Å²) < 4.78 is 26.7. The van der Waals surface area contributed by atoms with Crippen LogP contribution in [0.15, 0.2) is 46.2 Å². The van der Waals surface area contributed by atoms with Crippen molar-refractivity contribution in [1.82, 2.24) is 0 Å². The average Bonchev–Trinajstić information content (AvgIpc) is 2.42. The first-order chi connectivity index (χ1) is 9.88. The fraction of sp³-hybridized carbons (Fsp3) is 0. The van der Waals surface area contributed by atoms with Crippen LogP contribution in [-0.2, 0) is 0 Å². The number of carboxylic acids is 1. The van der Waals surface area contributed by atoms with Gasteiger partial charge in [0.15, 0.2) is 0 Å². The molecule has 0 aliphatic heterocycles. The van der Waals surface area contributed by atoms with Crippen LogP contribution < -0.4 is 0 Å². The quantitative estimate of drug-likeness (QED) is 0.687. The number of aromatic carboxylic acids is 1. The lowest BCUT2D eigenvalue weighted by atomic mass is 10.2. The van der Waals surface area contributed by atoms with Crippen molar-refractivity contribution in [3.63, 3.8) is 0 Å². The van der Waals surface area contributed by atoms with Gasteiger partial charge in [-0.3, -0.25) is 10.1 Å². The van der Waals surface area contributed by atoms with Gasteiger partial charge in [-0.1, -0.05) is 11.8 Å². The maximum absolute atomic E-state index is 13.6. The highest BCUT2D eigenvalue weighted by Crippen LogP contribution is 2.36. The van der Waals surface area contributed by atoms with Crippen molar-refractivity contribution in [3.05, 3.63) is 63.7 Å². The molecule has 21 heavy (non-hydrogen) atoms. The van der Waals surface area contributed by atoms with Crippen molar-refractivity contribution in [1.29, 1.82) is 0 Å². The zero-order chi connectivity index (χ0) is 15.6. The lowest BCUT2D eigenvalue weighted by molar-refractivity contribution is -0.387. The van der Waals surface area contributed by atoms with E-state index in [1.807, 2.05) is 0 Å². The van der Waals surface area contributed by atoms with E-state index >= 15 is 0 Å². The molecule has 2 aromatic rings. The normalized spacial score (nSPS) is 10.4. The Labute approximate surface area is 121 Å². The van der Waals surface area contributed by atoms with E-state index < -0.39 is 22.5 Å². The van der Waals surface area contributed by atoms with Gasteiger partial charge < -0.3 is 5.11 Å². The Balaban J connectivity index is 2.50. The van der Waals surface area contributed by atoms with Crippen molar-refractivity contribution in [2.24, 2.45) is 0 Å². The van der Waals surface area contributed by atoms with E-state index in [2.05, 4.69) is 0 Å². The summed E-state index contributed by atoms with van der Waals surface area (Å²) in [4.78, 5) is 20.9. The fourth-order valence-corrected chi connectivity index (χ4v) is 2.56. The molecule has 0 aromatic heterocycles. The van der Waals surface area contributed by atoms with Crippen LogP contribution >= 0.6 is 11.8 Å². The smallest absolute Gasteiger partial charge is 0.335 e. The summed E-state index contributed by atoms with van der Waals surface area (Å²) in [5.41, 5.74) is -0.562. The second-order valence-electron chi connectivity index (χ2n) is 3.92. The minimum Gasteiger partial charge on any atom is -0.478 e. The van der Waals surface area contributed by atoms with Crippen LogP contribution in [0.4, 0.5) is 14.5 Å². The Hall–Kier alpha value is -2.48. The van der Waals surface area contributed by atoms with E-state index in [1.165, 1.54) is 0 Å². The van der Waals surface area contributed by atoms with Gasteiger partial charge in [0, 0.05) is 6.07 Å². The Morgan fingerprint density at radius 2 is 1.86 bits per heavy atom. The molecular formula is C13H7F2NO4S. The van der Waals surface area contributed by atoms with Crippen molar-refractivity contribution < 1.29 is 23.6 Å². The molecule has 0 radical (unpaired) electrons. The summed E-state index contributed by atoms with van der Waals surface area (Å²) >= 11 is 0.595. The molecule has 0 saturated heterocycles. The van der Waals surface area contributed by atoms with Crippen molar-refractivity contribution >= 4 is 23.4 Å². The van der Waals surface area contributed by atoms with Gasteiger partial charge in [-0.05, 0) is 30.3 Å². The van der Waals surface area contributed by atoms with Crippen molar-refractivity contribution in [2.45, 2.75) is 9.79 Å². The zero-order valence-corrected chi connectivity index (χ0v) is 11.1. The molecule has 0 aliphatic carbocycles. The summed E-state index contributed by atoms with van der Waals surface area (Å²) in [5.74, 6) is -2.72. The molecule has 0 bridgehead atoms. The molecule has 0 amide bonds. The van der Waals surface area contributed by atoms with Crippen LogP contribution in [0, 0.1) is 21.7 Å². The monoisotopic (exact) mass is 311 g/mol. The number of hydrogen-bond acceptors (Lipinski definition) is 4. The molecule has 108 valence electrons. The molecule has 0 aliphatic rings. The number of carboxylic acid groups (broad SMARTS) is 1. The van der Waals surface area contributed by atoms with Crippen LogP contribution in [0.25, 0.3) is 0 Å². The fourth-order valence-electron chi connectivity index (χ4n) is 1.55. The Bertz CT molecular complexity index is 736. The molecule has 2 rings (SSSR count). The van der Waals surface area contributed by atoms with Crippen LogP contribution in [0.3, 0.4) is 0 Å². The van der Waals surface area contributed by atoms with Gasteiger partial charge in [0.05, 0.1) is 20.3 Å². The van der Waals surface area contributed by atoms with Gasteiger partial charge in [0.25, 0.3) is 5.69 Å². The third-order valence-electron chi connectivity index (χ3n) is 2.52. The third-order valence-corrected chi connectivity index (χ3v) is 3.60. The molecule has 0 unspecified atom stereocenters. The van der Waals surface area contributed by atoms with Gasteiger partial charge in [0.2, 0.25) is 0 Å². The van der Waals surface area contributed by atoms with Crippen molar-refractivity contribution in [2.75, 3.05) is 0 Å². The van der Waals surface area contributed by atoms with Crippen molar-refractivity contribution in [3.8, 4) is 0 Å². The van der Waals surface area contributed by atoms with E-state index in [-0.39, 0.29) is 21.0 Å². The first-order valence-electron chi connectivity index (χ1n) is 5.53. The van der Waals surface area contributed by atoms with Gasteiger partial charge in [-0.2, -0.15) is 0 Å². The second-order valence-corrected chi connectivity index (χ2v) is 5.01. The third kappa shape index (κ3) is 3.34. The first kappa shape index (κ1) is 14.9. The van der Waals surface area contributed by atoms with Gasteiger partial charge in [-0.25, -0.2) is 13.6 Å². The number of nitro benzene ring substituents is 1. The maximum Gasteiger partial charge on any atom is 0.335 e. The van der Waals surface area contributed by atoms with Crippen LogP contribution in [0.1, 0.15) is 10.4 Å². The second kappa shape index (κ2) is 5.88. The topological polar surface area (TPSA) is 80.4 Å². The summed E-state index contributed by atoms with van der Waals surface area (Å²) in [7, 11) is 0. The number of carbonyl (C=O) groups is 1. The van der Waals surface area contributed by atoms with Crippen LogP contribution in [-0.4, -0.2) is 16.0 Å². The number of benzene rings is 2. The molecule has 2 aromatic carbocycles. The minimum absolute atomic E-state index is 0.0793. The Morgan fingerprint density at radius 1 is 1.14 bits per heavy atom. The molecule has 0 fully saturated rings. The lowest BCUT2D eigenvalue weighted by Crippen LogP contribution is -1.99. The standard InChI is InChI=1S/C13H7F2NO4S/c14-8-2-3-9(15)11(6-8)21-12-5-7(13(17)18)1-4-10(12)16(19)20/h1-6H,(H,17,18). The largest absolute Gasteiger partial charge is 0.478 e. The molecule has 0 atom stereocenters. The van der Waals surface area contributed by atoms with E-state index in [0.717, 1.165) is 36.4 Å². The lowest BCUT2D eigenvalue weighted by Gasteiger charge is -2.05. The van der Waals surface area contributed by atoms with Gasteiger partial charge >= 0.3 is 5.97 Å². The molecule has 1 N–H and O–H groups in total. The SMILES string of the molecule is O=C(O)c1ccc([N+](=O)[O-])c(Sc2cc(F)ccc2F)c1. The van der Waals surface area contributed by atoms with E-state index in [4.69, 9.17) is 5.11 Å². The van der Waals surface area contributed by atoms with E-state index in [0.29, 0.717) is 11.8 Å². The summed E-state index contributed by atoms with van der Waals surface area (Å²) in [5, 5.41) is 19.8. The number of nitrogens with zero attached hydrogens (tertiary/aromatic N) is 1. The number of rotatable bonds is 4. The highest BCUT2D eigenvalue weighted by atomic mass is 32.2. The number of halogens is 2. The maximum atomic E-state index is 13.6. The molecule has 8 heteroatoms. The predicted octanol–water partition coefficient (Wildman–Crippen LogP) is 3.72. The van der Waals surface area contributed by atoms with Gasteiger partial charge in [-0.15, -0.1) is 0 Å². The molecule has 0 saturated carbocycles.